The Morgan fingerprint density at radius 3 is 2.66 bits per heavy atom. The Labute approximate surface area is 209 Å². The quantitative estimate of drug-likeness (QED) is 0.495. The number of amides is 1. The summed E-state index contributed by atoms with van der Waals surface area (Å²) in [7, 11) is -3.76. The number of piperidine rings is 1. The zero-order valence-electron chi connectivity index (χ0n) is 20.2. The van der Waals surface area contributed by atoms with Crippen LogP contribution in [-0.4, -0.2) is 41.9 Å². The number of nitrogens with one attached hydrogen (secondary N) is 1. The maximum Gasteiger partial charge on any atom is 0.244 e. The molecule has 1 saturated heterocycles. The summed E-state index contributed by atoms with van der Waals surface area (Å²) in [5, 5.41) is 7.08. The molecule has 1 N–H and O–H groups in total. The van der Waals surface area contributed by atoms with Gasteiger partial charge in [-0.05, 0) is 64.2 Å². The number of nitrogens with zero attached hydrogens (tertiary/aromatic N) is 3. The molecule has 186 valence electrons. The maximum atomic E-state index is 13.6. The van der Waals surface area contributed by atoms with Gasteiger partial charge in [-0.15, -0.1) is 11.3 Å². The van der Waals surface area contributed by atoms with Gasteiger partial charge in [-0.25, -0.2) is 8.42 Å². The van der Waals surface area contributed by atoms with Crippen molar-refractivity contribution >= 4 is 33.0 Å². The fourth-order valence-corrected chi connectivity index (χ4v) is 7.70. The lowest BCUT2D eigenvalue weighted by Crippen LogP contribution is -2.43. The van der Waals surface area contributed by atoms with Crippen LogP contribution in [0.2, 0.25) is 0 Å². The van der Waals surface area contributed by atoms with Crippen molar-refractivity contribution in [1.82, 2.24) is 14.4 Å². The summed E-state index contributed by atoms with van der Waals surface area (Å²) in [6.07, 6.45) is 4.57. The van der Waals surface area contributed by atoms with E-state index >= 15 is 0 Å². The second kappa shape index (κ2) is 9.48. The number of anilines is 1. The number of carbonyl (C=O) groups is 1. The van der Waals surface area contributed by atoms with Crippen LogP contribution in [0, 0.1) is 26.7 Å². The third-order valence-electron chi connectivity index (χ3n) is 7.00. The van der Waals surface area contributed by atoms with Crippen molar-refractivity contribution in [1.29, 1.82) is 0 Å². The Morgan fingerprint density at radius 2 is 1.94 bits per heavy atom. The van der Waals surface area contributed by atoms with Gasteiger partial charge in [0.1, 0.15) is 0 Å². The van der Waals surface area contributed by atoms with Gasteiger partial charge in [-0.3, -0.25) is 4.79 Å². The van der Waals surface area contributed by atoms with Crippen molar-refractivity contribution < 1.29 is 17.7 Å². The monoisotopic (exact) mass is 514 g/mol. The molecule has 1 aromatic carbocycles. The molecule has 10 heteroatoms. The Balaban J connectivity index is 1.32. The highest BCUT2D eigenvalue weighted by Crippen LogP contribution is 2.38. The molecule has 35 heavy (non-hydrogen) atoms. The van der Waals surface area contributed by atoms with Gasteiger partial charge in [0.2, 0.25) is 27.6 Å². The van der Waals surface area contributed by atoms with Crippen molar-refractivity contribution in [2.24, 2.45) is 5.92 Å². The molecule has 0 unspecified atom stereocenters. The fourth-order valence-electron chi connectivity index (χ4n) is 4.69. The second-order valence-electron chi connectivity index (χ2n) is 9.62. The first-order valence-electron chi connectivity index (χ1n) is 12.0. The largest absolute Gasteiger partial charge is 0.339 e. The minimum Gasteiger partial charge on any atom is -0.339 e. The molecule has 2 fully saturated rings. The van der Waals surface area contributed by atoms with Crippen LogP contribution in [0.1, 0.15) is 59.9 Å². The van der Waals surface area contributed by atoms with Gasteiger partial charge in [-0.2, -0.15) is 9.29 Å². The van der Waals surface area contributed by atoms with Crippen molar-refractivity contribution in [2.45, 2.75) is 63.7 Å². The molecule has 1 aliphatic heterocycles. The van der Waals surface area contributed by atoms with Crippen molar-refractivity contribution in [3.63, 3.8) is 0 Å². The zero-order chi connectivity index (χ0) is 24.7. The van der Waals surface area contributed by atoms with Crippen molar-refractivity contribution in [2.75, 3.05) is 18.4 Å². The van der Waals surface area contributed by atoms with Gasteiger partial charge in [0, 0.05) is 29.6 Å². The van der Waals surface area contributed by atoms with Gasteiger partial charge < -0.3 is 9.84 Å². The average molecular weight is 515 g/mol. The minimum atomic E-state index is -3.76. The molecule has 1 aliphatic carbocycles. The Morgan fingerprint density at radius 1 is 1.14 bits per heavy atom. The second-order valence-corrected chi connectivity index (χ2v) is 12.8. The third-order valence-corrected chi connectivity index (χ3v) is 10.2. The van der Waals surface area contributed by atoms with E-state index in [1.807, 2.05) is 32.0 Å². The third kappa shape index (κ3) is 4.79. The van der Waals surface area contributed by atoms with Gasteiger partial charge in [0.15, 0.2) is 0 Å². The summed E-state index contributed by atoms with van der Waals surface area (Å²) in [5.74, 6) is 0.844. The van der Waals surface area contributed by atoms with Crippen LogP contribution in [0.15, 0.2) is 33.7 Å². The first kappa shape index (κ1) is 24.1. The fraction of sp³-hybridized carbons (Fsp3) is 0.480. The molecular formula is C25H30N4O4S2. The molecule has 1 saturated carbocycles. The number of hydrogen-bond acceptors (Lipinski definition) is 7. The molecule has 1 amide bonds. The van der Waals surface area contributed by atoms with E-state index in [0.29, 0.717) is 46.8 Å². The van der Waals surface area contributed by atoms with Crippen LogP contribution < -0.4 is 5.32 Å². The highest BCUT2D eigenvalue weighted by molar-refractivity contribution is 7.89. The lowest BCUT2D eigenvalue weighted by Gasteiger charge is -2.31. The van der Waals surface area contributed by atoms with Crippen molar-refractivity contribution in [3.05, 3.63) is 46.2 Å². The van der Waals surface area contributed by atoms with Crippen LogP contribution in [-0.2, 0) is 14.8 Å². The number of hydrogen-bond donors (Lipinski definition) is 1. The van der Waals surface area contributed by atoms with Crippen LogP contribution in [0.4, 0.5) is 5.69 Å². The molecule has 3 heterocycles. The molecule has 2 aromatic heterocycles. The molecule has 8 nitrogen and oxygen atoms in total. The zero-order valence-corrected chi connectivity index (χ0v) is 21.8. The van der Waals surface area contributed by atoms with E-state index in [2.05, 4.69) is 15.5 Å². The number of aryl methyl sites for hydroxylation is 3. The van der Waals surface area contributed by atoms with Gasteiger partial charge in [0.05, 0.1) is 15.7 Å². The van der Waals surface area contributed by atoms with E-state index in [9.17, 15) is 13.2 Å². The standard InChI is InChI=1S/C25H30N4O4S2/c1-15-9-10-20(16(2)12-15)26-24(30)19-8-5-11-29(14-19)35(31,32)22-13-21(34-17(22)3)23-27-25(33-28-23)18-6-4-7-18/h9-10,12-13,18-19H,4-8,11,14H2,1-3H3,(H,26,30)/t19-/m1/s1. The van der Waals surface area contributed by atoms with E-state index in [1.54, 1.807) is 13.0 Å². The molecule has 5 rings (SSSR count). The molecule has 3 aromatic rings. The van der Waals surface area contributed by atoms with Gasteiger partial charge >= 0.3 is 0 Å². The number of rotatable bonds is 6. The minimum absolute atomic E-state index is 0.144. The molecule has 0 bridgehead atoms. The summed E-state index contributed by atoms with van der Waals surface area (Å²) < 4.78 is 34.0. The average Bonchev–Trinajstić information content (AvgIpc) is 3.42. The van der Waals surface area contributed by atoms with Crippen LogP contribution in [0.3, 0.4) is 0 Å². The summed E-state index contributed by atoms with van der Waals surface area (Å²) in [6, 6.07) is 7.51. The van der Waals surface area contributed by atoms with E-state index < -0.39 is 15.9 Å². The number of carbonyl (C=O) groups excluding carboxylic acids is 1. The predicted octanol–water partition coefficient (Wildman–Crippen LogP) is 5.03. The van der Waals surface area contributed by atoms with E-state index in [0.717, 1.165) is 29.7 Å². The summed E-state index contributed by atoms with van der Waals surface area (Å²) >= 11 is 1.35. The summed E-state index contributed by atoms with van der Waals surface area (Å²) in [4.78, 5) is 19.1. The molecule has 2 aliphatic rings. The molecular weight excluding hydrogens is 484 g/mol. The van der Waals surface area contributed by atoms with Gasteiger partial charge in [-0.1, -0.05) is 29.3 Å². The predicted molar refractivity (Wildman–Crippen MR) is 135 cm³/mol. The van der Waals surface area contributed by atoms with Crippen molar-refractivity contribution in [3.8, 4) is 10.7 Å². The normalized spacial score (nSPS) is 19.5. The number of aromatic nitrogens is 2. The summed E-state index contributed by atoms with van der Waals surface area (Å²) in [6.45, 7) is 6.32. The SMILES string of the molecule is Cc1ccc(NC(=O)[C@@H]2CCCN(S(=O)(=O)c3cc(-c4noc(C5CCC5)n4)sc3C)C2)c(C)c1. The number of thiophene rings is 1. The Bertz CT molecular complexity index is 1360. The maximum absolute atomic E-state index is 13.6. The Kier molecular flexibility index (Phi) is 6.54. The number of benzene rings is 1. The lowest BCUT2D eigenvalue weighted by atomic mass is 9.85. The molecule has 0 spiro atoms. The van der Waals surface area contributed by atoms with Crippen LogP contribution in [0.5, 0.6) is 0 Å². The van der Waals surface area contributed by atoms with Gasteiger partial charge in [0.25, 0.3) is 0 Å². The van der Waals surface area contributed by atoms with E-state index in [1.165, 1.54) is 22.1 Å². The first-order valence-corrected chi connectivity index (χ1v) is 14.3. The Hall–Kier alpha value is -2.56. The smallest absolute Gasteiger partial charge is 0.244 e. The topological polar surface area (TPSA) is 105 Å². The number of sulfonamides is 1. The molecule has 1 atom stereocenters. The molecule has 0 radical (unpaired) electrons. The van der Waals surface area contributed by atoms with E-state index in [-0.39, 0.29) is 17.3 Å². The highest BCUT2D eigenvalue weighted by atomic mass is 32.2. The highest BCUT2D eigenvalue weighted by Gasteiger charge is 2.35. The first-order chi connectivity index (χ1) is 16.7. The lowest BCUT2D eigenvalue weighted by molar-refractivity contribution is -0.120. The van der Waals surface area contributed by atoms with Crippen LogP contribution >= 0.6 is 11.3 Å². The van der Waals surface area contributed by atoms with Crippen LogP contribution in [0.25, 0.3) is 10.7 Å². The van der Waals surface area contributed by atoms with E-state index in [4.69, 9.17) is 4.52 Å². The summed E-state index contributed by atoms with van der Waals surface area (Å²) in [5.41, 5.74) is 2.88.